The zero-order valence-electron chi connectivity index (χ0n) is 8.96. The molecule has 0 aromatic carbocycles. The van der Waals surface area contributed by atoms with Crippen LogP contribution in [0.5, 0.6) is 0 Å². The highest BCUT2D eigenvalue weighted by Crippen LogP contribution is 2.22. The Morgan fingerprint density at radius 1 is 1.46 bits per heavy atom. The molecule has 1 fully saturated rings. The minimum absolute atomic E-state index is 0.0925. The highest BCUT2D eigenvalue weighted by molar-refractivity contribution is 5.77. The minimum atomic E-state index is 0.0925. The van der Waals surface area contributed by atoms with Crippen molar-refractivity contribution in [2.24, 2.45) is 5.41 Å². The molecule has 0 aromatic heterocycles. The van der Waals surface area contributed by atoms with E-state index in [0.717, 1.165) is 13.1 Å². The molecule has 76 valence electrons. The van der Waals surface area contributed by atoms with Gasteiger partial charge in [-0.2, -0.15) is 0 Å². The van der Waals surface area contributed by atoms with Crippen LogP contribution in [-0.2, 0) is 9.53 Å². The highest BCUT2D eigenvalue weighted by atomic mass is 16.5. The zero-order valence-corrected chi connectivity index (χ0v) is 8.96. The van der Waals surface area contributed by atoms with Crippen molar-refractivity contribution >= 4 is 5.91 Å². The Morgan fingerprint density at radius 2 is 2.00 bits per heavy atom. The van der Waals surface area contributed by atoms with Crippen molar-refractivity contribution in [2.75, 3.05) is 20.2 Å². The van der Waals surface area contributed by atoms with E-state index in [9.17, 15) is 4.79 Å². The molecule has 1 heterocycles. The summed E-state index contributed by atoms with van der Waals surface area (Å²) in [6.07, 6.45) is 0.896. The normalized spacial score (nSPS) is 18.6. The summed E-state index contributed by atoms with van der Waals surface area (Å²) in [5.41, 5.74) is 0.0925. The Balaban J connectivity index is 2.27. The van der Waals surface area contributed by atoms with Crippen LogP contribution >= 0.6 is 0 Å². The van der Waals surface area contributed by atoms with Gasteiger partial charge in [-0.05, 0) is 5.41 Å². The number of ether oxygens (including phenoxy) is 1. The molecule has 0 unspecified atom stereocenters. The molecule has 0 spiro atoms. The number of carbonyl (C=O) groups excluding carboxylic acids is 1. The number of hydrogen-bond acceptors (Lipinski definition) is 2. The summed E-state index contributed by atoms with van der Waals surface area (Å²) >= 11 is 0. The van der Waals surface area contributed by atoms with Crippen LogP contribution in [0.2, 0.25) is 0 Å². The molecule has 1 amide bonds. The average molecular weight is 185 g/mol. The second kappa shape index (κ2) is 3.66. The van der Waals surface area contributed by atoms with E-state index >= 15 is 0 Å². The van der Waals surface area contributed by atoms with Crippen molar-refractivity contribution < 1.29 is 9.53 Å². The first kappa shape index (κ1) is 10.5. The maximum absolute atomic E-state index is 11.6. The molecular formula is C10H19NO2. The molecule has 1 aliphatic heterocycles. The van der Waals surface area contributed by atoms with Crippen LogP contribution in [0.4, 0.5) is 0 Å². The van der Waals surface area contributed by atoms with Gasteiger partial charge in [-0.1, -0.05) is 20.8 Å². The number of likely N-dealkylation sites (tertiary alicyclic amines) is 1. The lowest BCUT2D eigenvalue weighted by Crippen LogP contribution is -2.54. The van der Waals surface area contributed by atoms with E-state index < -0.39 is 0 Å². The van der Waals surface area contributed by atoms with Crippen molar-refractivity contribution in [3.05, 3.63) is 0 Å². The molecular weight excluding hydrogens is 166 g/mol. The summed E-state index contributed by atoms with van der Waals surface area (Å²) < 4.78 is 5.10. The van der Waals surface area contributed by atoms with Gasteiger partial charge in [-0.3, -0.25) is 4.79 Å². The number of hydrogen-bond donors (Lipinski definition) is 0. The van der Waals surface area contributed by atoms with Crippen molar-refractivity contribution in [2.45, 2.75) is 33.3 Å². The van der Waals surface area contributed by atoms with Gasteiger partial charge in [0.05, 0.1) is 6.10 Å². The van der Waals surface area contributed by atoms with E-state index in [0.29, 0.717) is 6.42 Å². The van der Waals surface area contributed by atoms with Crippen molar-refractivity contribution in [3.8, 4) is 0 Å². The lowest BCUT2D eigenvalue weighted by molar-refractivity contribution is -0.144. The van der Waals surface area contributed by atoms with E-state index in [-0.39, 0.29) is 17.4 Å². The maximum atomic E-state index is 11.6. The number of rotatable bonds is 2. The third-order valence-corrected chi connectivity index (χ3v) is 2.22. The summed E-state index contributed by atoms with van der Waals surface area (Å²) in [7, 11) is 1.69. The third kappa shape index (κ3) is 2.99. The smallest absolute Gasteiger partial charge is 0.223 e. The quantitative estimate of drug-likeness (QED) is 0.648. The second-order valence-electron chi connectivity index (χ2n) is 4.89. The zero-order chi connectivity index (χ0) is 10.1. The average Bonchev–Trinajstić information content (AvgIpc) is 1.79. The first-order valence-corrected chi connectivity index (χ1v) is 4.73. The molecule has 0 radical (unpaired) electrons. The molecule has 0 aromatic rings. The van der Waals surface area contributed by atoms with E-state index in [2.05, 4.69) is 20.8 Å². The van der Waals surface area contributed by atoms with Crippen molar-refractivity contribution in [1.29, 1.82) is 0 Å². The topological polar surface area (TPSA) is 29.5 Å². The molecule has 0 N–H and O–H groups in total. The molecule has 13 heavy (non-hydrogen) atoms. The Labute approximate surface area is 80.1 Å². The van der Waals surface area contributed by atoms with Crippen LogP contribution in [0.3, 0.4) is 0 Å². The van der Waals surface area contributed by atoms with Gasteiger partial charge >= 0.3 is 0 Å². The number of carbonyl (C=O) groups is 1. The van der Waals surface area contributed by atoms with Gasteiger partial charge in [-0.15, -0.1) is 0 Å². The summed E-state index contributed by atoms with van der Waals surface area (Å²) in [6, 6.07) is 0. The largest absolute Gasteiger partial charge is 0.378 e. The number of nitrogens with zero attached hydrogens (tertiary/aromatic N) is 1. The number of amides is 1. The molecule has 3 heteroatoms. The summed E-state index contributed by atoms with van der Waals surface area (Å²) in [4.78, 5) is 13.4. The summed E-state index contributed by atoms with van der Waals surface area (Å²) in [6.45, 7) is 7.78. The van der Waals surface area contributed by atoms with E-state index in [1.165, 1.54) is 0 Å². The SMILES string of the molecule is COC1CN(C(=O)CC(C)(C)C)C1. The predicted octanol–water partition coefficient (Wildman–Crippen LogP) is 1.28. The molecule has 0 saturated carbocycles. The van der Waals surface area contributed by atoms with Crippen molar-refractivity contribution in [1.82, 2.24) is 4.90 Å². The summed E-state index contributed by atoms with van der Waals surface area (Å²) in [5.74, 6) is 0.251. The molecule has 1 rings (SSSR count). The van der Waals surface area contributed by atoms with Gasteiger partial charge < -0.3 is 9.64 Å². The monoisotopic (exact) mass is 185 g/mol. The van der Waals surface area contributed by atoms with Crippen LogP contribution in [0.25, 0.3) is 0 Å². The Bertz CT molecular complexity index is 190. The molecule has 0 aliphatic carbocycles. The molecule has 0 bridgehead atoms. The fraction of sp³-hybridized carbons (Fsp3) is 0.900. The van der Waals surface area contributed by atoms with Gasteiger partial charge in [0.2, 0.25) is 5.91 Å². The maximum Gasteiger partial charge on any atom is 0.223 e. The third-order valence-electron chi connectivity index (χ3n) is 2.22. The van der Waals surface area contributed by atoms with Crippen LogP contribution in [0.15, 0.2) is 0 Å². The van der Waals surface area contributed by atoms with E-state index in [4.69, 9.17) is 4.74 Å². The van der Waals surface area contributed by atoms with Gasteiger partial charge in [-0.25, -0.2) is 0 Å². The standard InChI is InChI=1S/C10H19NO2/c1-10(2,3)5-9(12)11-6-8(7-11)13-4/h8H,5-7H2,1-4H3. The predicted molar refractivity (Wildman–Crippen MR) is 51.4 cm³/mol. The molecule has 0 atom stereocenters. The lowest BCUT2D eigenvalue weighted by atomic mass is 9.91. The van der Waals surface area contributed by atoms with Crippen LogP contribution in [-0.4, -0.2) is 37.1 Å². The fourth-order valence-corrected chi connectivity index (χ4v) is 1.36. The first-order valence-electron chi connectivity index (χ1n) is 4.73. The lowest BCUT2D eigenvalue weighted by Gasteiger charge is -2.39. The Morgan fingerprint density at radius 3 is 2.38 bits per heavy atom. The highest BCUT2D eigenvalue weighted by Gasteiger charge is 2.31. The Kier molecular flexibility index (Phi) is 2.96. The van der Waals surface area contributed by atoms with Crippen LogP contribution < -0.4 is 0 Å². The molecule has 3 nitrogen and oxygen atoms in total. The van der Waals surface area contributed by atoms with E-state index in [1.807, 2.05) is 4.90 Å². The van der Waals surface area contributed by atoms with Gasteiger partial charge in [0.25, 0.3) is 0 Å². The molecule has 1 saturated heterocycles. The molecule has 1 aliphatic rings. The summed E-state index contributed by atoms with van der Waals surface area (Å²) in [5, 5.41) is 0. The van der Waals surface area contributed by atoms with Crippen LogP contribution in [0.1, 0.15) is 27.2 Å². The minimum Gasteiger partial charge on any atom is -0.378 e. The Hall–Kier alpha value is -0.570. The van der Waals surface area contributed by atoms with Crippen LogP contribution in [0, 0.1) is 5.41 Å². The number of methoxy groups -OCH3 is 1. The first-order chi connectivity index (χ1) is 5.92. The van der Waals surface area contributed by atoms with E-state index in [1.54, 1.807) is 7.11 Å². The van der Waals surface area contributed by atoms with Gasteiger partial charge in [0.15, 0.2) is 0 Å². The van der Waals surface area contributed by atoms with Crippen molar-refractivity contribution in [3.63, 3.8) is 0 Å². The second-order valence-corrected chi connectivity index (χ2v) is 4.89. The fourth-order valence-electron chi connectivity index (χ4n) is 1.36. The van der Waals surface area contributed by atoms with Gasteiger partial charge in [0, 0.05) is 26.6 Å². The van der Waals surface area contributed by atoms with Gasteiger partial charge in [0.1, 0.15) is 0 Å².